The molecule has 180 valence electrons. The number of hydrogen-bond acceptors (Lipinski definition) is 7. The maximum absolute atomic E-state index is 9.53. The predicted octanol–water partition coefficient (Wildman–Crippen LogP) is 3.51. The lowest BCUT2D eigenvalue weighted by molar-refractivity contribution is 0.0892. The number of piperazine rings is 1. The van der Waals surface area contributed by atoms with E-state index in [1.54, 1.807) is 6.20 Å². The summed E-state index contributed by atoms with van der Waals surface area (Å²) >= 11 is 0. The molecule has 7 nitrogen and oxygen atoms in total. The zero-order valence-electron chi connectivity index (χ0n) is 20.2. The Labute approximate surface area is 206 Å². The largest absolute Gasteiger partial charge is 0.491 e. The highest BCUT2D eigenvalue weighted by atomic mass is 16.5. The van der Waals surface area contributed by atoms with Gasteiger partial charge in [-0.2, -0.15) is 5.26 Å². The smallest absolute Gasteiger partial charge is 0.125 e. The summed E-state index contributed by atoms with van der Waals surface area (Å²) in [6.07, 6.45) is 3.85. The fraction of sp³-hybridized carbons (Fsp3) is 0.429. The van der Waals surface area contributed by atoms with Crippen LogP contribution in [0.5, 0.6) is 5.75 Å². The van der Waals surface area contributed by atoms with E-state index in [1.165, 1.54) is 11.3 Å². The molecule has 35 heavy (non-hydrogen) atoms. The van der Waals surface area contributed by atoms with E-state index >= 15 is 0 Å². The molecule has 0 unspecified atom stereocenters. The first-order chi connectivity index (χ1) is 17.1. The number of piperidine rings is 1. The lowest BCUT2D eigenvalue weighted by Gasteiger charge is -2.45. The maximum Gasteiger partial charge on any atom is 0.125 e. The Morgan fingerprint density at radius 2 is 1.94 bits per heavy atom. The molecule has 0 aliphatic carbocycles. The average molecular weight is 469 g/mol. The second-order valence-corrected chi connectivity index (χ2v) is 10.2. The van der Waals surface area contributed by atoms with Crippen LogP contribution in [0.15, 0.2) is 48.7 Å². The Kier molecular flexibility index (Phi) is 5.71. The van der Waals surface area contributed by atoms with E-state index in [9.17, 15) is 5.26 Å². The second-order valence-electron chi connectivity index (χ2n) is 10.2. The average Bonchev–Trinajstić information content (AvgIpc) is 3.08. The molecule has 3 aromatic rings. The monoisotopic (exact) mass is 468 g/mol. The number of nitrogens with zero attached hydrogens (tertiary/aromatic N) is 5. The van der Waals surface area contributed by atoms with Crippen molar-refractivity contribution < 1.29 is 4.74 Å². The van der Waals surface area contributed by atoms with Gasteiger partial charge in [-0.05, 0) is 50.1 Å². The van der Waals surface area contributed by atoms with Crippen LogP contribution in [-0.4, -0.2) is 60.8 Å². The number of nitrogens with two attached hydrogens (primary N) is 1. The van der Waals surface area contributed by atoms with Crippen molar-refractivity contribution in [3.63, 3.8) is 0 Å². The summed E-state index contributed by atoms with van der Waals surface area (Å²) in [6, 6.07) is 18.0. The first kappa shape index (κ1) is 22.1. The number of aromatic nitrogens is 1. The highest BCUT2D eigenvalue weighted by molar-refractivity contribution is 5.95. The number of pyridine rings is 1. The van der Waals surface area contributed by atoms with Crippen molar-refractivity contribution in [2.75, 3.05) is 42.6 Å². The van der Waals surface area contributed by atoms with Gasteiger partial charge in [0, 0.05) is 79.4 Å². The Morgan fingerprint density at radius 1 is 1.09 bits per heavy atom. The van der Waals surface area contributed by atoms with Crippen molar-refractivity contribution in [1.29, 1.82) is 5.26 Å². The second kappa shape index (κ2) is 9.03. The Morgan fingerprint density at radius 3 is 2.77 bits per heavy atom. The topological polar surface area (TPSA) is 81.7 Å². The summed E-state index contributed by atoms with van der Waals surface area (Å²) in [4.78, 5) is 12.0. The van der Waals surface area contributed by atoms with Crippen molar-refractivity contribution in [2.24, 2.45) is 5.73 Å². The zero-order chi connectivity index (χ0) is 23.9. The van der Waals surface area contributed by atoms with Crippen LogP contribution in [0.25, 0.3) is 10.9 Å². The van der Waals surface area contributed by atoms with Gasteiger partial charge in [-0.3, -0.25) is 9.88 Å². The summed E-state index contributed by atoms with van der Waals surface area (Å²) in [7, 11) is 0. The summed E-state index contributed by atoms with van der Waals surface area (Å²) < 4.78 is 6.45. The van der Waals surface area contributed by atoms with E-state index in [-0.39, 0.29) is 6.04 Å². The maximum atomic E-state index is 9.53. The summed E-state index contributed by atoms with van der Waals surface area (Å²) in [5.74, 6) is 1.01. The zero-order valence-corrected chi connectivity index (χ0v) is 20.2. The van der Waals surface area contributed by atoms with Crippen molar-refractivity contribution in [2.45, 2.75) is 44.4 Å². The van der Waals surface area contributed by atoms with Crippen molar-refractivity contribution in [3.05, 3.63) is 59.8 Å². The molecule has 2 saturated heterocycles. The van der Waals surface area contributed by atoms with Gasteiger partial charge in [0.15, 0.2) is 0 Å². The standard InChI is InChI=1S/C28H32N6O/c1-19-15-33(26-7-5-20(14-29)28-25(26)3-2-10-31-28)17-24-18-35-27-13-23(6-4-21(27)16-34(19)24)32-11-8-22(30)9-12-32/h2-7,10,13,19,22,24H,8-9,11-12,15-18,30H2,1H3/t19-,24-/m1/s1. The van der Waals surface area contributed by atoms with E-state index in [4.69, 9.17) is 10.5 Å². The highest BCUT2D eigenvalue weighted by Crippen LogP contribution is 2.35. The number of hydrogen-bond donors (Lipinski definition) is 1. The minimum absolute atomic E-state index is 0.282. The quantitative estimate of drug-likeness (QED) is 0.616. The molecule has 7 heteroatoms. The van der Waals surface area contributed by atoms with E-state index in [1.807, 2.05) is 12.1 Å². The molecule has 0 bridgehead atoms. The SMILES string of the molecule is C[C@@H]1CN(c2ccc(C#N)c3ncccc23)C[C@@H]2COc3cc(N4CCC(N)CC4)ccc3CN21. The number of fused-ring (bicyclic) bond motifs is 3. The molecule has 0 saturated carbocycles. The molecule has 4 heterocycles. The van der Waals surface area contributed by atoms with Gasteiger partial charge >= 0.3 is 0 Å². The molecule has 0 spiro atoms. The molecule has 1 aromatic heterocycles. The van der Waals surface area contributed by atoms with Crippen LogP contribution in [0.2, 0.25) is 0 Å². The van der Waals surface area contributed by atoms with Crippen LogP contribution in [-0.2, 0) is 6.54 Å². The third-order valence-corrected chi connectivity index (χ3v) is 7.90. The molecule has 3 aliphatic rings. The minimum Gasteiger partial charge on any atom is -0.491 e. The third kappa shape index (κ3) is 4.07. The third-order valence-electron chi connectivity index (χ3n) is 7.90. The lowest BCUT2D eigenvalue weighted by Crippen LogP contribution is -2.58. The molecule has 0 amide bonds. The Bertz CT molecular complexity index is 1280. The number of benzene rings is 2. The number of anilines is 2. The molecule has 3 aliphatic heterocycles. The van der Waals surface area contributed by atoms with E-state index in [0.717, 1.165) is 67.9 Å². The Hall–Kier alpha value is -3.34. The first-order valence-corrected chi connectivity index (χ1v) is 12.7. The highest BCUT2D eigenvalue weighted by Gasteiger charge is 2.36. The van der Waals surface area contributed by atoms with Crippen LogP contribution in [0, 0.1) is 11.3 Å². The van der Waals surface area contributed by atoms with Gasteiger partial charge in [0.05, 0.1) is 17.1 Å². The molecular weight excluding hydrogens is 436 g/mol. The van der Waals surface area contributed by atoms with Crippen LogP contribution in [0.1, 0.15) is 30.9 Å². The summed E-state index contributed by atoms with van der Waals surface area (Å²) in [5, 5.41) is 10.6. The fourth-order valence-electron chi connectivity index (χ4n) is 5.92. The lowest BCUT2D eigenvalue weighted by atomic mass is 10.0. The molecule has 2 atom stereocenters. The van der Waals surface area contributed by atoms with E-state index in [2.05, 4.69) is 63.0 Å². The van der Waals surface area contributed by atoms with E-state index in [0.29, 0.717) is 24.3 Å². The van der Waals surface area contributed by atoms with Gasteiger partial charge in [0.1, 0.15) is 18.4 Å². The predicted molar refractivity (Wildman–Crippen MR) is 139 cm³/mol. The van der Waals surface area contributed by atoms with Crippen LogP contribution in [0.3, 0.4) is 0 Å². The molecular formula is C28H32N6O. The van der Waals surface area contributed by atoms with Gasteiger partial charge in [-0.1, -0.05) is 6.07 Å². The molecule has 2 aromatic carbocycles. The number of rotatable bonds is 2. The number of nitriles is 1. The first-order valence-electron chi connectivity index (χ1n) is 12.7. The van der Waals surface area contributed by atoms with Gasteiger partial charge < -0.3 is 20.3 Å². The van der Waals surface area contributed by atoms with Gasteiger partial charge in [-0.25, -0.2) is 0 Å². The minimum atomic E-state index is 0.282. The molecule has 0 radical (unpaired) electrons. The molecule has 2 fully saturated rings. The summed E-state index contributed by atoms with van der Waals surface area (Å²) in [6.45, 7) is 7.69. The number of ether oxygens (including phenoxy) is 1. The van der Waals surface area contributed by atoms with Gasteiger partial charge in [0.2, 0.25) is 0 Å². The van der Waals surface area contributed by atoms with Crippen LogP contribution in [0.4, 0.5) is 11.4 Å². The van der Waals surface area contributed by atoms with Crippen molar-refractivity contribution in [3.8, 4) is 11.8 Å². The molecule has 2 N–H and O–H groups in total. The van der Waals surface area contributed by atoms with Gasteiger partial charge in [0.25, 0.3) is 0 Å². The Balaban J connectivity index is 1.25. The normalized spacial score (nSPS) is 23.2. The van der Waals surface area contributed by atoms with Crippen molar-refractivity contribution >= 4 is 22.3 Å². The van der Waals surface area contributed by atoms with Crippen molar-refractivity contribution in [1.82, 2.24) is 9.88 Å². The van der Waals surface area contributed by atoms with Crippen LogP contribution < -0.4 is 20.3 Å². The van der Waals surface area contributed by atoms with Gasteiger partial charge in [-0.15, -0.1) is 0 Å². The van der Waals surface area contributed by atoms with Crippen LogP contribution >= 0.6 is 0 Å². The van der Waals surface area contributed by atoms with E-state index < -0.39 is 0 Å². The fourth-order valence-corrected chi connectivity index (χ4v) is 5.92. The summed E-state index contributed by atoms with van der Waals surface area (Å²) in [5.41, 5.74) is 11.1. The molecule has 6 rings (SSSR count).